The Morgan fingerprint density at radius 2 is 1.59 bits per heavy atom. The van der Waals surface area contributed by atoms with Crippen molar-refractivity contribution in [1.29, 1.82) is 0 Å². The Kier molecular flexibility index (Phi) is 3.74. The van der Waals surface area contributed by atoms with Gasteiger partial charge >= 0.3 is 0 Å². The summed E-state index contributed by atoms with van der Waals surface area (Å²) in [6.07, 6.45) is 0. The maximum Gasteiger partial charge on any atom is 0.0673 e. The van der Waals surface area contributed by atoms with Crippen molar-refractivity contribution in [3.8, 4) is 0 Å². The highest BCUT2D eigenvalue weighted by molar-refractivity contribution is 9.11. The molecule has 0 aliphatic carbocycles. The molecule has 3 N–H and O–H groups in total. The molecule has 0 aliphatic rings. The van der Waals surface area contributed by atoms with Crippen LogP contribution in [-0.4, -0.2) is 0 Å². The minimum absolute atomic E-state index is 0.773. The average molecular weight is 356 g/mol. The Morgan fingerprint density at radius 3 is 2.24 bits per heavy atom. The highest BCUT2D eigenvalue weighted by atomic mass is 79.9. The SMILES string of the molecule is Cc1cccc(Nc2c(Br)cccc2Br)c1N. The van der Waals surface area contributed by atoms with Gasteiger partial charge in [-0.25, -0.2) is 0 Å². The third-order valence-electron chi connectivity index (χ3n) is 2.55. The molecule has 2 nitrogen and oxygen atoms in total. The topological polar surface area (TPSA) is 38.0 Å². The van der Waals surface area contributed by atoms with Crippen LogP contribution in [0.15, 0.2) is 45.3 Å². The van der Waals surface area contributed by atoms with Crippen molar-refractivity contribution in [3.63, 3.8) is 0 Å². The smallest absolute Gasteiger partial charge is 0.0673 e. The van der Waals surface area contributed by atoms with Gasteiger partial charge in [-0.2, -0.15) is 0 Å². The molecule has 0 fully saturated rings. The fourth-order valence-electron chi connectivity index (χ4n) is 1.54. The normalized spacial score (nSPS) is 10.3. The van der Waals surface area contributed by atoms with Crippen LogP contribution in [0.25, 0.3) is 0 Å². The fraction of sp³-hybridized carbons (Fsp3) is 0.0769. The second-order valence-corrected chi connectivity index (χ2v) is 5.47. The van der Waals surface area contributed by atoms with Crippen molar-refractivity contribution < 1.29 is 0 Å². The summed E-state index contributed by atoms with van der Waals surface area (Å²) >= 11 is 7.03. The zero-order valence-corrected chi connectivity index (χ0v) is 12.5. The van der Waals surface area contributed by atoms with Crippen LogP contribution in [0.1, 0.15) is 5.56 Å². The molecule has 0 spiro atoms. The second kappa shape index (κ2) is 5.10. The van der Waals surface area contributed by atoms with Gasteiger partial charge in [0.1, 0.15) is 0 Å². The Hall–Kier alpha value is -1.00. The fourth-order valence-corrected chi connectivity index (χ4v) is 2.74. The number of halogens is 2. The molecule has 88 valence electrons. The van der Waals surface area contributed by atoms with Gasteiger partial charge in [-0.15, -0.1) is 0 Å². The van der Waals surface area contributed by atoms with Gasteiger partial charge in [-0.05, 0) is 62.5 Å². The van der Waals surface area contributed by atoms with E-state index in [9.17, 15) is 0 Å². The predicted molar refractivity (Wildman–Crippen MR) is 80.7 cm³/mol. The van der Waals surface area contributed by atoms with Crippen molar-refractivity contribution in [2.75, 3.05) is 11.1 Å². The molecule has 2 aromatic carbocycles. The van der Waals surface area contributed by atoms with E-state index in [1.807, 2.05) is 43.3 Å². The minimum Gasteiger partial charge on any atom is -0.397 e. The van der Waals surface area contributed by atoms with Gasteiger partial charge in [0.15, 0.2) is 0 Å². The summed E-state index contributed by atoms with van der Waals surface area (Å²) in [5.74, 6) is 0. The van der Waals surface area contributed by atoms with Crippen LogP contribution in [0.2, 0.25) is 0 Å². The number of nitrogens with two attached hydrogens (primary N) is 1. The average Bonchev–Trinajstić information content (AvgIpc) is 2.29. The Labute approximate surface area is 117 Å². The predicted octanol–water partition coefficient (Wildman–Crippen LogP) is 4.85. The van der Waals surface area contributed by atoms with Gasteiger partial charge in [0.25, 0.3) is 0 Å². The Balaban J connectivity index is 2.42. The van der Waals surface area contributed by atoms with E-state index in [4.69, 9.17) is 5.73 Å². The highest BCUT2D eigenvalue weighted by Gasteiger charge is 2.07. The first-order valence-electron chi connectivity index (χ1n) is 5.15. The van der Waals surface area contributed by atoms with E-state index in [0.29, 0.717) is 0 Å². The van der Waals surface area contributed by atoms with E-state index in [2.05, 4.69) is 37.2 Å². The summed E-state index contributed by atoms with van der Waals surface area (Å²) in [6.45, 7) is 2.00. The molecule has 4 heteroatoms. The molecule has 2 rings (SSSR count). The molecular formula is C13H12Br2N2. The van der Waals surface area contributed by atoms with E-state index in [1.54, 1.807) is 0 Å². The first-order chi connectivity index (χ1) is 8.09. The van der Waals surface area contributed by atoms with E-state index in [1.165, 1.54) is 0 Å². The maximum atomic E-state index is 6.04. The van der Waals surface area contributed by atoms with E-state index in [-0.39, 0.29) is 0 Å². The highest BCUT2D eigenvalue weighted by Crippen LogP contribution is 2.35. The maximum absolute atomic E-state index is 6.04. The number of nitrogens with one attached hydrogen (secondary N) is 1. The number of hydrogen-bond donors (Lipinski definition) is 2. The number of hydrogen-bond acceptors (Lipinski definition) is 2. The number of anilines is 3. The Morgan fingerprint density at radius 1 is 1.00 bits per heavy atom. The van der Waals surface area contributed by atoms with Crippen LogP contribution in [0, 0.1) is 6.92 Å². The Bertz CT molecular complexity index is 533. The second-order valence-electron chi connectivity index (χ2n) is 3.76. The van der Waals surface area contributed by atoms with Crippen LogP contribution in [0.4, 0.5) is 17.1 Å². The van der Waals surface area contributed by atoms with Gasteiger partial charge in [-0.3, -0.25) is 0 Å². The van der Waals surface area contributed by atoms with Crippen LogP contribution in [0.5, 0.6) is 0 Å². The number of para-hydroxylation sites is 2. The first kappa shape index (κ1) is 12.5. The summed E-state index contributed by atoms with van der Waals surface area (Å²) in [4.78, 5) is 0. The van der Waals surface area contributed by atoms with E-state index >= 15 is 0 Å². The molecule has 2 aromatic rings. The monoisotopic (exact) mass is 354 g/mol. The molecule has 0 bridgehead atoms. The minimum atomic E-state index is 0.773. The molecule has 0 saturated carbocycles. The molecule has 0 unspecified atom stereocenters. The molecule has 0 saturated heterocycles. The molecule has 0 aromatic heterocycles. The van der Waals surface area contributed by atoms with Crippen molar-refractivity contribution in [2.45, 2.75) is 6.92 Å². The van der Waals surface area contributed by atoms with Crippen LogP contribution in [0.3, 0.4) is 0 Å². The zero-order valence-electron chi connectivity index (χ0n) is 9.30. The molecule has 0 heterocycles. The third-order valence-corrected chi connectivity index (χ3v) is 3.87. The van der Waals surface area contributed by atoms with Crippen LogP contribution >= 0.6 is 31.9 Å². The van der Waals surface area contributed by atoms with Gasteiger partial charge in [-0.1, -0.05) is 18.2 Å². The molecule has 17 heavy (non-hydrogen) atoms. The quantitative estimate of drug-likeness (QED) is 0.756. The summed E-state index contributed by atoms with van der Waals surface area (Å²) < 4.78 is 1.99. The summed E-state index contributed by atoms with van der Waals surface area (Å²) in [6, 6.07) is 11.9. The third kappa shape index (κ3) is 2.64. The largest absolute Gasteiger partial charge is 0.397 e. The number of rotatable bonds is 2. The van der Waals surface area contributed by atoms with Crippen molar-refractivity contribution in [1.82, 2.24) is 0 Å². The van der Waals surface area contributed by atoms with E-state index < -0.39 is 0 Å². The van der Waals surface area contributed by atoms with Crippen LogP contribution in [-0.2, 0) is 0 Å². The van der Waals surface area contributed by atoms with Gasteiger partial charge in [0.05, 0.1) is 17.1 Å². The summed E-state index contributed by atoms with van der Waals surface area (Å²) in [5, 5.41) is 3.33. The zero-order chi connectivity index (χ0) is 12.4. The molecule has 0 amide bonds. The van der Waals surface area contributed by atoms with Crippen molar-refractivity contribution >= 4 is 48.9 Å². The number of nitrogen functional groups attached to an aromatic ring is 1. The number of aryl methyl sites for hydroxylation is 1. The van der Waals surface area contributed by atoms with Gasteiger partial charge < -0.3 is 11.1 Å². The first-order valence-corrected chi connectivity index (χ1v) is 6.74. The standard InChI is InChI=1S/C13H12Br2N2/c1-8-4-2-7-11(12(8)16)17-13-9(14)5-3-6-10(13)15/h2-7,17H,16H2,1H3. The van der Waals surface area contributed by atoms with Crippen molar-refractivity contribution in [2.24, 2.45) is 0 Å². The molecular weight excluding hydrogens is 344 g/mol. The van der Waals surface area contributed by atoms with E-state index in [0.717, 1.165) is 31.6 Å². The van der Waals surface area contributed by atoms with Gasteiger partial charge in [0.2, 0.25) is 0 Å². The lowest BCUT2D eigenvalue weighted by Gasteiger charge is -2.13. The summed E-state index contributed by atoms with van der Waals surface area (Å²) in [7, 11) is 0. The summed E-state index contributed by atoms with van der Waals surface area (Å²) in [5.41, 5.74) is 9.77. The molecule has 0 radical (unpaired) electrons. The van der Waals surface area contributed by atoms with Crippen LogP contribution < -0.4 is 11.1 Å². The van der Waals surface area contributed by atoms with Crippen molar-refractivity contribution in [3.05, 3.63) is 50.9 Å². The van der Waals surface area contributed by atoms with Gasteiger partial charge in [0, 0.05) is 8.95 Å². The lowest BCUT2D eigenvalue weighted by atomic mass is 10.1. The molecule has 0 aliphatic heterocycles. The lowest BCUT2D eigenvalue weighted by molar-refractivity contribution is 1.44. The lowest BCUT2D eigenvalue weighted by Crippen LogP contribution is -1.99. The number of benzene rings is 2. The molecule has 0 atom stereocenters.